The Kier molecular flexibility index (Phi) is 7.70. The lowest BCUT2D eigenvalue weighted by Crippen LogP contribution is -2.33. The van der Waals surface area contributed by atoms with Gasteiger partial charge in [-0.05, 0) is 43.5 Å². The molecule has 0 atom stereocenters. The van der Waals surface area contributed by atoms with Crippen molar-refractivity contribution in [3.63, 3.8) is 0 Å². The molecule has 0 aliphatic heterocycles. The first kappa shape index (κ1) is 23.3. The van der Waals surface area contributed by atoms with Gasteiger partial charge in [0.25, 0.3) is 0 Å². The number of carbonyl (C=O) groups excluding carboxylic acids is 1. The Morgan fingerprint density at radius 2 is 2.06 bits per heavy atom. The number of fused-ring (bicyclic) bond motifs is 1. The fourth-order valence-corrected chi connectivity index (χ4v) is 4.97. The van der Waals surface area contributed by atoms with Crippen LogP contribution in [0.25, 0.3) is 10.2 Å². The number of carbonyl (C=O) groups is 1. The maximum absolute atomic E-state index is 13.3. The molecule has 4 rings (SSSR count). The number of halogens is 2. The molecule has 0 saturated heterocycles. The molecule has 4 aromatic rings. The van der Waals surface area contributed by atoms with E-state index in [-0.39, 0.29) is 18.3 Å². The Hall–Kier alpha value is -2.41. The van der Waals surface area contributed by atoms with Crippen molar-refractivity contribution in [2.45, 2.75) is 33.2 Å². The summed E-state index contributed by atoms with van der Waals surface area (Å²) in [7, 11) is 0. The van der Waals surface area contributed by atoms with E-state index in [4.69, 9.17) is 16.6 Å². The van der Waals surface area contributed by atoms with Crippen molar-refractivity contribution in [3.05, 3.63) is 76.8 Å². The molecule has 0 bridgehead atoms. The number of imidazole rings is 1. The highest BCUT2D eigenvalue weighted by molar-refractivity contribution is 7.22. The number of aryl methyl sites for hydroxylation is 3. The van der Waals surface area contributed by atoms with Crippen molar-refractivity contribution in [1.29, 1.82) is 0 Å². The van der Waals surface area contributed by atoms with Gasteiger partial charge in [0, 0.05) is 30.5 Å². The summed E-state index contributed by atoms with van der Waals surface area (Å²) >= 11 is 7.74. The first-order valence-electron chi connectivity index (χ1n) is 9.88. The van der Waals surface area contributed by atoms with Gasteiger partial charge >= 0.3 is 0 Å². The Morgan fingerprint density at radius 3 is 2.81 bits per heavy atom. The third-order valence-corrected chi connectivity index (χ3v) is 6.21. The summed E-state index contributed by atoms with van der Waals surface area (Å²) in [5.74, 6) is 0.0500. The lowest BCUT2D eigenvalue weighted by Gasteiger charge is -2.20. The molecule has 0 fully saturated rings. The van der Waals surface area contributed by atoms with E-state index in [1.807, 2.05) is 59.8 Å². The maximum Gasteiger partial charge on any atom is 0.233 e. The smallest absolute Gasteiger partial charge is 0.233 e. The molecule has 0 N–H and O–H groups in total. The second-order valence-corrected chi connectivity index (χ2v) is 8.88. The van der Waals surface area contributed by atoms with Gasteiger partial charge in [-0.1, -0.05) is 52.8 Å². The molecular weight excluding hydrogens is 451 g/mol. The zero-order valence-corrected chi connectivity index (χ0v) is 19.8. The SMILES string of the molecule is Cc1cccc(CC(=O)N(CCCn2ccnc2)c2nc3c(C)cc(Cl)cc3s2)c1.Cl. The van der Waals surface area contributed by atoms with Crippen LogP contribution in [0.3, 0.4) is 0 Å². The third-order valence-electron chi connectivity index (χ3n) is 4.97. The Morgan fingerprint density at radius 1 is 1.23 bits per heavy atom. The minimum absolute atomic E-state index is 0. The van der Waals surface area contributed by atoms with Gasteiger partial charge in [-0.3, -0.25) is 9.69 Å². The molecule has 0 saturated carbocycles. The molecule has 0 unspecified atom stereocenters. The number of rotatable bonds is 7. The summed E-state index contributed by atoms with van der Waals surface area (Å²) < 4.78 is 3.02. The van der Waals surface area contributed by atoms with Gasteiger partial charge in [0.05, 0.1) is 23.0 Å². The van der Waals surface area contributed by atoms with E-state index in [0.29, 0.717) is 18.0 Å². The van der Waals surface area contributed by atoms with E-state index >= 15 is 0 Å². The van der Waals surface area contributed by atoms with Gasteiger partial charge in [0.1, 0.15) is 0 Å². The molecule has 5 nitrogen and oxygen atoms in total. The van der Waals surface area contributed by atoms with Crippen LogP contribution in [0.4, 0.5) is 5.13 Å². The average molecular weight is 475 g/mol. The number of nitrogens with zero attached hydrogens (tertiary/aromatic N) is 4. The minimum Gasteiger partial charge on any atom is -0.337 e. The van der Waals surface area contributed by atoms with Gasteiger partial charge in [0.15, 0.2) is 5.13 Å². The predicted molar refractivity (Wildman–Crippen MR) is 131 cm³/mol. The molecular formula is C23H24Cl2N4OS. The fraction of sp³-hybridized carbons (Fsp3) is 0.261. The number of amides is 1. The van der Waals surface area contributed by atoms with Gasteiger partial charge in [-0.25, -0.2) is 9.97 Å². The molecule has 2 aromatic heterocycles. The van der Waals surface area contributed by atoms with Crippen molar-refractivity contribution < 1.29 is 4.79 Å². The second-order valence-electron chi connectivity index (χ2n) is 7.43. The predicted octanol–water partition coefficient (Wildman–Crippen LogP) is 5.85. The van der Waals surface area contributed by atoms with Gasteiger partial charge in [-0.15, -0.1) is 12.4 Å². The lowest BCUT2D eigenvalue weighted by molar-refractivity contribution is -0.118. The summed E-state index contributed by atoms with van der Waals surface area (Å²) in [4.78, 5) is 24.0. The van der Waals surface area contributed by atoms with Crippen LogP contribution in [-0.2, 0) is 17.8 Å². The van der Waals surface area contributed by atoms with Gasteiger partial charge in [-0.2, -0.15) is 0 Å². The van der Waals surface area contributed by atoms with Crippen molar-refractivity contribution >= 4 is 56.6 Å². The molecule has 8 heteroatoms. The van der Waals surface area contributed by atoms with Crippen LogP contribution in [0, 0.1) is 13.8 Å². The molecule has 0 spiro atoms. The monoisotopic (exact) mass is 474 g/mol. The molecule has 1 amide bonds. The van der Waals surface area contributed by atoms with Crippen LogP contribution >= 0.6 is 35.3 Å². The Labute approximate surface area is 197 Å². The number of benzene rings is 2. The van der Waals surface area contributed by atoms with Crippen LogP contribution in [0.5, 0.6) is 0 Å². The van der Waals surface area contributed by atoms with E-state index in [2.05, 4.69) is 11.1 Å². The molecule has 0 aliphatic rings. The highest BCUT2D eigenvalue weighted by Crippen LogP contribution is 2.33. The summed E-state index contributed by atoms with van der Waals surface area (Å²) in [6, 6.07) is 11.9. The standard InChI is InChI=1S/C23H23ClN4OS.ClH/c1-16-5-3-6-18(11-16)13-21(29)28(9-4-8-27-10-7-25-15-27)23-26-22-17(2)12-19(24)14-20(22)30-23;/h3,5-7,10-12,14-15H,4,8-9,13H2,1-2H3;1H. The summed E-state index contributed by atoms with van der Waals surface area (Å²) in [5, 5.41) is 1.41. The van der Waals surface area contributed by atoms with Crippen LogP contribution in [0.2, 0.25) is 5.02 Å². The fourth-order valence-electron chi connectivity index (χ4n) is 3.51. The van der Waals surface area contributed by atoms with E-state index in [1.54, 1.807) is 12.5 Å². The number of anilines is 1. The number of aromatic nitrogens is 3. The van der Waals surface area contributed by atoms with Crippen LogP contribution < -0.4 is 4.90 Å². The van der Waals surface area contributed by atoms with Crippen LogP contribution in [-0.4, -0.2) is 27.0 Å². The van der Waals surface area contributed by atoms with Crippen molar-refractivity contribution in [2.75, 3.05) is 11.4 Å². The highest BCUT2D eigenvalue weighted by Gasteiger charge is 2.20. The van der Waals surface area contributed by atoms with E-state index in [9.17, 15) is 4.79 Å². The topological polar surface area (TPSA) is 51.0 Å². The van der Waals surface area contributed by atoms with Crippen molar-refractivity contribution in [2.24, 2.45) is 0 Å². The molecule has 2 aromatic carbocycles. The molecule has 31 heavy (non-hydrogen) atoms. The molecule has 0 aliphatic carbocycles. The van der Waals surface area contributed by atoms with E-state index in [0.717, 1.165) is 45.0 Å². The number of hydrogen-bond acceptors (Lipinski definition) is 4. The summed E-state index contributed by atoms with van der Waals surface area (Å²) in [6.07, 6.45) is 6.65. The quantitative estimate of drug-likeness (QED) is 0.337. The van der Waals surface area contributed by atoms with Crippen molar-refractivity contribution in [1.82, 2.24) is 14.5 Å². The summed E-state index contributed by atoms with van der Waals surface area (Å²) in [5.41, 5.74) is 4.09. The van der Waals surface area contributed by atoms with Gasteiger partial charge in [0.2, 0.25) is 5.91 Å². The maximum atomic E-state index is 13.3. The number of thiazole rings is 1. The zero-order valence-electron chi connectivity index (χ0n) is 17.4. The highest BCUT2D eigenvalue weighted by atomic mass is 35.5. The van der Waals surface area contributed by atoms with E-state index < -0.39 is 0 Å². The van der Waals surface area contributed by atoms with Crippen molar-refractivity contribution in [3.8, 4) is 0 Å². The second kappa shape index (κ2) is 10.3. The lowest BCUT2D eigenvalue weighted by atomic mass is 10.1. The normalized spacial score (nSPS) is 10.8. The molecule has 162 valence electrons. The Bertz CT molecular complexity index is 1170. The molecule has 2 heterocycles. The first-order valence-corrected chi connectivity index (χ1v) is 11.1. The van der Waals surface area contributed by atoms with E-state index in [1.165, 1.54) is 11.3 Å². The third kappa shape index (κ3) is 5.64. The van der Waals surface area contributed by atoms with Crippen LogP contribution in [0.1, 0.15) is 23.1 Å². The number of hydrogen-bond donors (Lipinski definition) is 0. The average Bonchev–Trinajstić information content (AvgIpc) is 3.35. The van der Waals surface area contributed by atoms with Crippen LogP contribution in [0.15, 0.2) is 55.1 Å². The first-order chi connectivity index (χ1) is 14.5. The largest absolute Gasteiger partial charge is 0.337 e. The Balaban J connectivity index is 0.00000272. The van der Waals surface area contributed by atoms with Gasteiger partial charge < -0.3 is 4.57 Å². The summed E-state index contributed by atoms with van der Waals surface area (Å²) in [6.45, 7) is 5.42. The minimum atomic E-state index is 0. The zero-order chi connectivity index (χ0) is 21.1. The molecule has 0 radical (unpaired) electrons.